The zero-order chi connectivity index (χ0) is 16.8. The van der Waals surface area contributed by atoms with E-state index in [2.05, 4.69) is 15.9 Å². The number of carbonyl (C=O) groups excluding carboxylic acids is 1. The van der Waals surface area contributed by atoms with Gasteiger partial charge in [0.15, 0.2) is 5.78 Å². The maximum atomic E-state index is 12.6. The molecule has 0 atom stereocenters. The van der Waals surface area contributed by atoms with Gasteiger partial charge in [-0.1, -0.05) is 0 Å². The average molecular weight is 378 g/mol. The first-order valence-electron chi connectivity index (χ1n) is 7.19. The summed E-state index contributed by atoms with van der Waals surface area (Å²) in [5.74, 6) is -0.0617. The van der Waals surface area contributed by atoms with E-state index in [-0.39, 0.29) is 5.78 Å². The zero-order valence-electron chi connectivity index (χ0n) is 13.5. The molecule has 0 radical (unpaired) electrons. The minimum absolute atomic E-state index is 0.0617. The molecule has 0 aliphatic rings. The minimum Gasteiger partial charge on any atom is -0.380 e. The molecule has 0 N–H and O–H groups in total. The molecule has 0 saturated carbocycles. The lowest BCUT2D eigenvalue weighted by atomic mass is 10.0. The van der Waals surface area contributed by atoms with Gasteiger partial charge in [0, 0.05) is 43.2 Å². The van der Waals surface area contributed by atoms with E-state index >= 15 is 0 Å². The van der Waals surface area contributed by atoms with E-state index in [9.17, 15) is 4.79 Å². The number of aryl methyl sites for hydroxylation is 1. The van der Waals surface area contributed by atoms with Crippen LogP contribution < -0.4 is 0 Å². The Morgan fingerprint density at radius 3 is 2.61 bits per heavy atom. The highest BCUT2D eigenvalue weighted by molar-refractivity contribution is 9.10. The van der Waals surface area contributed by atoms with E-state index in [1.165, 1.54) is 0 Å². The number of allylic oxidation sites excluding steroid dienone is 1. The van der Waals surface area contributed by atoms with Crippen LogP contribution in [0.4, 0.5) is 0 Å². The van der Waals surface area contributed by atoms with E-state index < -0.39 is 0 Å². The molecule has 5 heteroatoms. The number of hydrogen-bond donors (Lipinski definition) is 0. The van der Waals surface area contributed by atoms with Crippen LogP contribution in [-0.2, 0) is 29.7 Å². The fourth-order valence-electron chi connectivity index (χ4n) is 2.34. The second-order valence-electron chi connectivity index (χ2n) is 5.22. The summed E-state index contributed by atoms with van der Waals surface area (Å²) in [6, 6.07) is 7.73. The van der Waals surface area contributed by atoms with Gasteiger partial charge in [-0.2, -0.15) is 0 Å². The van der Waals surface area contributed by atoms with Crippen molar-refractivity contribution in [2.45, 2.75) is 13.2 Å². The standard InChI is InChI=1S/C18H20BrNO3/c1-20-8-4-5-15(20)6-7-17(21)16-10-13(11-22-2)9-14(12-23-3)18(16)19/h4-10H,11-12H2,1-3H3/b7-6+. The predicted octanol–water partition coefficient (Wildman–Crippen LogP) is 3.98. The van der Waals surface area contributed by atoms with Crippen LogP contribution in [0.5, 0.6) is 0 Å². The molecular formula is C18H20BrNO3. The van der Waals surface area contributed by atoms with Gasteiger partial charge in [-0.05, 0) is 63.5 Å². The van der Waals surface area contributed by atoms with Crippen molar-refractivity contribution in [3.05, 3.63) is 63.4 Å². The highest BCUT2D eigenvalue weighted by Gasteiger charge is 2.13. The molecule has 0 fully saturated rings. The summed E-state index contributed by atoms with van der Waals surface area (Å²) in [4.78, 5) is 12.6. The highest BCUT2D eigenvalue weighted by atomic mass is 79.9. The number of methoxy groups -OCH3 is 2. The number of halogens is 1. The fourth-order valence-corrected chi connectivity index (χ4v) is 2.88. The summed E-state index contributed by atoms with van der Waals surface area (Å²) < 4.78 is 13.1. The Bertz CT molecular complexity index is 719. The van der Waals surface area contributed by atoms with Crippen molar-refractivity contribution < 1.29 is 14.3 Å². The van der Waals surface area contributed by atoms with Gasteiger partial charge in [-0.3, -0.25) is 4.79 Å². The van der Waals surface area contributed by atoms with Crippen LogP contribution in [0.1, 0.15) is 27.2 Å². The molecule has 2 aromatic rings. The Hall–Kier alpha value is -1.69. The number of nitrogens with zero attached hydrogens (tertiary/aromatic N) is 1. The molecule has 0 bridgehead atoms. The minimum atomic E-state index is -0.0617. The van der Waals surface area contributed by atoms with Crippen LogP contribution in [0.15, 0.2) is 41.0 Å². The summed E-state index contributed by atoms with van der Waals surface area (Å²) in [5.41, 5.74) is 3.45. The summed E-state index contributed by atoms with van der Waals surface area (Å²) in [6.45, 7) is 0.881. The van der Waals surface area contributed by atoms with Crippen molar-refractivity contribution in [2.24, 2.45) is 7.05 Å². The number of aromatic nitrogens is 1. The first kappa shape index (κ1) is 17.7. The van der Waals surface area contributed by atoms with Crippen molar-refractivity contribution in [1.29, 1.82) is 0 Å². The van der Waals surface area contributed by atoms with Crippen LogP contribution >= 0.6 is 15.9 Å². The van der Waals surface area contributed by atoms with Crippen molar-refractivity contribution in [2.75, 3.05) is 14.2 Å². The summed E-state index contributed by atoms with van der Waals surface area (Å²) in [7, 11) is 5.21. The van der Waals surface area contributed by atoms with Gasteiger partial charge in [-0.15, -0.1) is 0 Å². The molecule has 0 unspecified atom stereocenters. The van der Waals surface area contributed by atoms with E-state index in [1.807, 2.05) is 48.2 Å². The van der Waals surface area contributed by atoms with Gasteiger partial charge >= 0.3 is 0 Å². The lowest BCUT2D eigenvalue weighted by molar-refractivity contribution is 0.104. The summed E-state index contributed by atoms with van der Waals surface area (Å²) in [5, 5.41) is 0. The van der Waals surface area contributed by atoms with Crippen LogP contribution in [0.2, 0.25) is 0 Å². The smallest absolute Gasteiger partial charge is 0.187 e. The number of benzene rings is 1. The van der Waals surface area contributed by atoms with Gasteiger partial charge < -0.3 is 14.0 Å². The predicted molar refractivity (Wildman–Crippen MR) is 94.3 cm³/mol. The zero-order valence-corrected chi connectivity index (χ0v) is 15.1. The van der Waals surface area contributed by atoms with Crippen LogP contribution in [0, 0.1) is 0 Å². The SMILES string of the molecule is COCc1cc(COC)c(Br)c(C(=O)/C=C/c2cccn2C)c1. The largest absolute Gasteiger partial charge is 0.380 e. The van der Waals surface area contributed by atoms with E-state index in [4.69, 9.17) is 9.47 Å². The van der Waals surface area contributed by atoms with Crippen molar-refractivity contribution >= 4 is 27.8 Å². The average Bonchev–Trinajstić information content (AvgIpc) is 2.93. The van der Waals surface area contributed by atoms with Crippen LogP contribution in [0.25, 0.3) is 6.08 Å². The number of hydrogen-bond acceptors (Lipinski definition) is 3. The van der Waals surface area contributed by atoms with Gasteiger partial charge in [0.25, 0.3) is 0 Å². The van der Waals surface area contributed by atoms with Gasteiger partial charge in [0.1, 0.15) is 0 Å². The molecule has 122 valence electrons. The molecule has 0 saturated heterocycles. The van der Waals surface area contributed by atoms with E-state index in [0.717, 1.165) is 21.3 Å². The molecule has 1 aromatic heterocycles. The molecule has 23 heavy (non-hydrogen) atoms. The Morgan fingerprint density at radius 1 is 1.26 bits per heavy atom. The number of ether oxygens (including phenoxy) is 2. The first-order valence-corrected chi connectivity index (χ1v) is 7.99. The fraction of sp³-hybridized carbons (Fsp3) is 0.278. The molecule has 0 spiro atoms. The molecule has 0 aliphatic carbocycles. The number of ketones is 1. The molecule has 0 aliphatic heterocycles. The Labute approximate surface area is 144 Å². The molecule has 0 amide bonds. The van der Waals surface area contributed by atoms with Crippen LogP contribution in [-0.4, -0.2) is 24.6 Å². The third-order valence-electron chi connectivity index (χ3n) is 3.47. The Morgan fingerprint density at radius 2 is 2.00 bits per heavy atom. The lowest BCUT2D eigenvalue weighted by Crippen LogP contribution is -2.03. The molecule has 4 nitrogen and oxygen atoms in total. The van der Waals surface area contributed by atoms with Crippen molar-refractivity contribution in [3.8, 4) is 0 Å². The molecule has 1 aromatic carbocycles. The summed E-state index contributed by atoms with van der Waals surface area (Å²) >= 11 is 3.52. The maximum absolute atomic E-state index is 12.6. The summed E-state index contributed by atoms with van der Waals surface area (Å²) in [6.07, 6.45) is 5.34. The third kappa shape index (κ3) is 4.41. The van der Waals surface area contributed by atoms with E-state index in [1.54, 1.807) is 20.3 Å². The monoisotopic (exact) mass is 377 g/mol. The number of carbonyl (C=O) groups is 1. The maximum Gasteiger partial charge on any atom is 0.187 e. The van der Waals surface area contributed by atoms with Gasteiger partial charge in [0.05, 0.1) is 13.2 Å². The van der Waals surface area contributed by atoms with Crippen molar-refractivity contribution in [3.63, 3.8) is 0 Å². The topological polar surface area (TPSA) is 40.5 Å². The molecule has 1 heterocycles. The Kier molecular flexibility index (Phi) is 6.33. The van der Waals surface area contributed by atoms with Gasteiger partial charge in [-0.25, -0.2) is 0 Å². The van der Waals surface area contributed by atoms with Crippen molar-refractivity contribution in [1.82, 2.24) is 4.57 Å². The third-order valence-corrected chi connectivity index (χ3v) is 4.41. The Balaban J connectivity index is 2.34. The molecule has 2 rings (SSSR count). The van der Waals surface area contributed by atoms with Gasteiger partial charge in [0.2, 0.25) is 0 Å². The number of rotatable bonds is 7. The quantitative estimate of drug-likeness (QED) is 0.541. The molecular weight excluding hydrogens is 358 g/mol. The highest BCUT2D eigenvalue weighted by Crippen LogP contribution is 2.26. The second kappa shape index (κ2) is 8.24. The van der Waals surface area contributed by atoms with E-state index in [0.29, 0.717) is 18.8 Å². The van der Waals surface area contributed by atoms with Crippen LogP contribution in [0.3, 0.4) is 0 Å². The normalized spacial score (nSPS) is 11.3. The first-order chi connectivity index (χ1) is 11.1. The second-order valence-corrected chi connectivity index (χ2v) is 6.02. The lowest BCUT2D eigenvalue weighted by Gasteiger charge is -2.11.